The smallest absolute Gasteiger partial charge is 0.271 e. The largest absolute Gasteiger partial charge is 0.494 e. The molecule has 0 aliphatic heterocycles. The van der Waals surface area contributed by atoms with Crippen LogP contribution in [0.2, 0.25) is 0 Å². The molecule has 1 N–H and O–H groups in total. The van der Waals surface area contributed by atoms with E-state index in [1.54, 1.807) is 24.4 Å². The molecule has 0 heterocycles. The summed E-state index contributed by atoms with van der Waals surface area (Å²) < 4.78 is 16.8. The van der Waals surface area contributed by atoms with Gasteiger partial charge in [-0.3, -0.25) is 4.79 Å². The van der Waals surface area contributed by atoms with Crippen molar-refractivity contribution in [3.05, 3.63) is 89.5 Å². The van der Waals surface area contributed by atoms with E-state index in [1.807, 2.05) is 54.6 Å². The van der Waals surface area contributed by atoms with Crippen molar-refractivity contribution in [2.75, 3.05) is 13.7 Å². The number of nitrogens with one attached hydrogen (secondary N) is 1. The Hall–Kier alpha value is -3.80. The van der Waals surface area contributed by atoms with E-state index < -0.39 is 0 Å². The molecule has 1 amide bonds. The first-order valence-electron chi connectivity index (χ1n) is 10.1. The molecule has 3 aromatic rings. The van der Waals surface area contributed by atoms with Gasteiger partial charge in [-0.2, -0.15) is 5.10 Å². The molecule has 0 fully saturated rings. The van der Waals surface area contributed by atoms with Crippen LogP contribution in [0.1, 0.15) is 34.8 Å². The number of benzene rings is 3. The van der Waals surface area contributed by atoms with Crippen molar-refractivity contribution in [2.24, 2.45) is 5.10 Å². The Labute approximate surface area is 182 Å². The van der Waals surface area contributed by atoms with E-state index in [-0.39, 0.29) is 5.91 Å². The summed E-state index contributed by atoms with van der Waals surface area (Å²) in [5, 5.41) is 4.04. The standard InChI is InChI=1S/C25H26N2O4/c1-3-14-30-22-11-7-10-20(15-22)17-26-27-25(28)21-12-13-23(24(16-21)29-2)31-18-19-8-5-4-6-9-19/h4-13,15-17H,3,14,18H2,1-2H3,(H,27,28)/b26-17+. The summed E-state index contributed by atoms with van der Waals surface area (Å²) in [5.41, 5.74) is 4.83. The molecule has 0 spiro atoms. The zero-order valence-electron chi connectivity index (χ0n) is 17.7. The van der Waals surface area contributed by atoms with Crippen molar-refractivity contribution in [1.29, 1.82) is 0 Å². The predicted molar refractivity (Wildman–Crippen MR) is 121 cm³/mol. The minimum atomic E-state index is -0.345. The van der Waals surface area contributed by atoms with Gasteiger partial charge < -0.3 is 14.2 Å². The fourth-order valence-electron chi connectivity index (χ4n) is 2.80. The number of amides is 1. The minimum Gasteiger partial charge on any atom is -0.494 e. The second-order valence-electron chi connectivity index (χ2n) is 6.76. The molecule has 0 saturated heterocycles. The molecule has 0 atom stereocenters. The van der Waals surface area contributed by atoms with Gasteiger partial charge in [0.2, 0.25) is 0 Å². The average molecular weight is 418 g/mol. The van der Waals surface area contributed by atoms with Crippen LogP contribution in [0.3, 0.4) is 0 Å². The maximum absolute atomic E-state index is 12.5. The molecular weight excluding hydrogens is 392 g/mol. The summed E-state index contributed by atoms with van der Waals surface area (Å²) >= 11 is 0. The number of ether oxygens (including phenoxy) is 3. The third-order valence-electron chi connectivity index (χ3n) is 4.37. The van der Waals surface area contributed by atoms with Crippen LogP contribution in [0.4, 0.5) is 0 Å². The third-order valence-corrected chi connectivity index (χ3v) is 4.37. The van der Waals surface area contributed by atoms with Crippen LogP contribution >= 0.6 is 0 Å². The molecule has 0 aliphatic carbocycles. The zero-order valence-corrected chi connectivity index (χ0v) is 17.7. The monoisotopic (exact) mass is 418 g/mol. The first kappa shape index (κ1) is 21.9. The summed E-state index contributed by atoms with van der Waals surface area (Å²) in [5.74, 6) is 1.47. The van der Waals surface area contributed by atoms with Crippen molar-refractivity contribution in [1.82, 2.24) is 5.43 Å². The number of carbonyl (C=O) groups is 1. The Bertz CT molecular complexity index is 1020. The van der Waals surface area contributed by atoms with Gasteiger partial charge >= 0.3 is 0 Å². The summed E-state index contributed by atoms with van der Waals surface area (Å²) in [7, 11) is 1.54. The van der Waals surface area contributed by atoms with Crippen molar-refractivity contribution in [3.8, 4) is 17.2 Å². The van der Waals surface area contributed by atoms with E-state index in [0.29, 0.717) is 30.3 Å². The molecule has 0 unspecified atom stereocenters. The molecule has 3 rings (SSSR count). The fraction of sp³-hybridized carbons (Fsp3) is 0.200. The van der Waals surface area contributed by atoms with Crippen LogP contribution in [0, 0.1) is 0 Å². The van der Waals surface area contributed by atoms with Gasteiger partial charge in [-0.15, -0.1) is 0 Å². The SMILES string of the molecule is CCCOc1cccc(/C=N/NC(=O)c2ccc(OCc3ccccc3)c(OC)c2)c1. The lowest BCUT2D eigenvalue weighted by Crippen LogP contribution is -2.17. The predicted octanol–water partition coefficient (Wildman–Crippen LogP) is 4.83. The van der Waals surface area contributed by atoms with Gasteiger partial charge in [0, 0.05) is 5.56 Å². The molecule has 0 aromatic heterocycles. The lowest BCUT2D eigenvalue weighted by Gasteiger charge is -2.12. The van der Waals surface area contributed by atoms with Gasteiger partial charge in [0.15, 0.2) is 11.5 Å². The van der Waals surface area contributed by atoms with Crippen molar-refractivity contribution in [3.63, 3.8) is 0 Å². The molecule has 6 nitrogen and oxygen atoms in total. The van der Waals surface area contributed by atoms with Crippen molar-refractivity contribution < 1.29 is 19.0 Å². The van der Waals surface area contributed by atoms with Crippen LogP contribution in [0.5, 0.6) is 17.2 Å². The van der Waals surface area contributed by atoms with Crippen molar-refractivity contribution in [2.45, 2.75) is 20.0 Å². The van der Waals surface area contributed by atoms with Gasteiger partial charge in [0.05, 0.1) is 19.9 Å². The highest BCUT2D eigenvalue weighted by atomic mass is 16.5. The fourth-order valence-corrected chi connectivity index (χ4v) is 2.80. The number of hydrogen-bond donors (Lipinski definition) is 1. The van der Waals surface area contributed by atoms with E-state index in [0.717, 1.165) is 23.3 Å². The van der Waals surface area contributed by atoms with Gasteiger partial charge in [0.25, 0.3) is 5.91 Å². The van der Waals surface area contributed by atoms with Crippen molar-refractivity contribution >= 4 is 12.1 Å². The van der Waals surface area contributed by atoms with E-state index in [9.17, 15) is 4.79 Å². The summed E-state index contributed by atoms with van der Waals surface area (Å²) in [6, 6.07) is 22.4. The molecular formula is C25H26N2O4. The van der Waals surface area contributed by atoms with Gasteiger partial charge in [-0.1, -0.05) is 49.4 Å². The van der Waals surface area contributed by atoms with E-state index in [1.165, 1.54) is 7.11 Å². The molecule has 0 bridgehead atoms. The molecule has 0 saturated carbocycles. The van der Waals surface area contributed by atoms with Gasteiger partial charge in [-0.05, 0) is 47.9 Å². The highest BCUT2D eigenvalue weighted by Crippen LogP contribution is 2.28. The Balaban J connectivity index is 1.60. The van der Waals surface area contributed by atoms with E-state index in [2.05, 4.69) is 17.5 Å². The number of hydrogen-bond acceptors (Lipinski definition) is 5. The third kappa shape index (κ3) is 6.60. The molecule has 0 aliphatic rings. The van der Waals surface area contributed by atoms with E-state index >= 15 is 0 Å². The molecule has 0 radical (unpaired) electrons. The number of rotatable bonds is 10. The Morgan fingerprint density at radius 3 is 2.58 bits per heavy atom. The first-order chi connectivity index (χ1) is 15.2. The highest BCUT2D eigenvalue weighted by molar-refractivity contribution is 5.95. The van der Waals surface area contributed by atoms with Crippen LogP contribution in [-0.2, 0) is 6.61 Å². The maximum Gasteiger partial charge on any atom is 0.271 e. The van der Waals surface area contributed by atoms with Crippen LogP contribution in [0.15, 0.2) is 77.9 Å². The normalized spacial score (nSPS) is 10.6. The Kier molecular flexibility index (Phi) is 8.05. The lowest BCUT2D eigenvalue weighted by molar-refractivity contribution is 0.0954. The van der Waals surface area contributed by atoms with E-state index in [4.69, 9.17) is 14.2 Å². The summed E-state index contributed by atoms with van der Waals surface area (Å²) in [6.07, 6.45) is 2.51. The Morgan fingerprint density at radius 1 is 0.968 bits per heavy atom. The zero-order chi connectivity index (χ0) is 21.9. The molecule has 6 heteroatoms. The van der Waals surface area contributed by atoms with Crippen LogP contribution < -0.4 is 19.6 Å². The number of hydrazone groups is 1. The molecule has 31 heavy (non-hydrogen) atoms. The topological polar surface area (TPSA) is 69.2 Å². The molecule has 160 valence electrons. The molecule has 3 aromatic carbocycles. The van der Waals surface area contributed by atoms with Crippen LogP contribution in [0.25, 0.3) is 0 Å². The first-order valence-corrected chi connectivity index (χ1v) is 10.1. The summed E-state index contributed by atoms with van der Waals surface area (Å²) in [6.45, 7) is 3.12. The Morgan fingerprint density at radius 2 is 1.81 bits per heavy atom. The number of methoxy groups -OCH3 is 1. The lowest BCUT2D eigenvalue weighted by atomic mass is 10.2. The highest BCUT2D eigenvalue weighted by Gasteiger charge is 2.11. The quantitative estimate of drug-likeness (QED) is 0.378. The summed E-state index contributed by atoms with van der Waals surface area (Å²) in [4.78, 5) is 12.5. The second kappa shape index (κ2) is 11.4. The van der Waals surface area contributed by atoms with Gasteiger partial charge in [-0.25, -0.2) is 5.43 Å². The number of nitrogens with zero attached hydrogens (tertiary/aromatic N) is 1. The minimum absolute atomic E-state index is 0.345. The number of carbonyl (C=O) groups excluding carboxylic acids is 1. The average Bonchev–Trinajstić information content (AvgIpc) is 2.82. The maximum atomic E-state index is 12.5. The van der Waals surface area contributed by atoms with Crippen LogP contribution in [-0.4, -0.2) is 25.8 Å². The second-order valence-corrected chi connectivity index (χ2v) is 6.76. The van der Waals surface area contributed by atoms with Gasteiger partial charge in [0.1, 0.15) is 12.4 Å².